The Hall–Kier alpha value is -4.66. The lowest BCUT2D eigenvalue weighted by atomic mass is 9.81. The van der Waals surface area contributed by atoms with E-state index in [-0.39, 0.29) is 12.1 Å². The molecule has 42 heavy (non-hydrogen) atoms. The van der Waals surface area contributed by atoms with Crippen LogP contribution in [0.15, 0.2) is 77.2 Å². The number of nitrogens with zero attached hydrogens (tertiary/aromatic N) is 5. The van der Waals surface area contributed by atoms with Gasteiger partial charge in [-0.3, -0.25) is 9.80 Å². The second-order valence-corrected chi connectivity index (χ2v) is 10.9. The minimum atomic E-state index is -1.81. The van der Waals surface area contributed by atoms with E-state index in [0.717, 1.165) is 23.3 Å². The Balaban J connectivity index is 1.36. The molecule has 0 aliphatic carbocycles. The number of aromatic nitrogens is 1. The van der Waals surface area contributed by atoms with E-state index in [9.17, 15) is 14.3 Å². The van der Waals surface area contributed by atoms with Crippen molar-refractivity contribution in [3.8, 4) is 23.1 Å². The summed E-state index contributed by atoms with van der Waals surface area (Å²) in [6.45, 7) is 3.83. The van der Waals surface area contributed by atoms with Crippen LogP contribution in [0.25, 0.3) is 11.3 Å². The van der Waals surface area contributed by atoms with Crippen LogP contribution in [-0.4, -0.2) is 45.5 Å². The first-order chi connectivity index (χ1) is 20.1. The normalized spacial score (nSPS) is 14.9. The highest BCUT2D eigenvalue weighted by atomic mass is 32.1. The number of rotatable bonds is 9. The summed E-state index contributed by atoms with van der Waals surface area (Å²) in [6.07, 6.45) is 1.64. The first-order valence-electron chi connectivity index (χ1n) is 13.1. The molecule has 0 saturated carbocycles. The standard InChI is InChI=1S/C31H27F2N5O3S/c1-20(30-36-29(16-42-30)24-7-3-22(14-34)4-8-24)31(40,27-12-9-25(32)13-28(27)33)17-38-19-37(18-35-38)15-23-5-10-26(11-6-23)41-21(2)39/h3-13,16,18,20,40H,15,17,19H2,1-2H3/t20-,31+/m0/s1. The minimum absolute atomic E-state index is 0.0544. The van der Waals surface area contributed by atoms with Crippen LogP contribution >= 0.6 is 11.3 Å². The smallest absolute Gasteiger partial charge is 0.308 e. The number of thiazole rings is 1. The van der Waals surface area contributed by atoms with Crippen LogP contribution in [0.5, 0.6) is 5.75 Å². The van der Waals surface area contributed by atoms with Gasteiger partial charge < -0.3 is 14.7 Å². The van der Waals surface area contributed by atoms with Gasteiger partial charge in [0.1, 0.15) is 36.0 Å². The summed E-state index contributed by atoms with van der Waals surface area (Å²) < 4.78 is 34.1. The Labute approximate surface area is 245 Å². The fraction of sp³-hybridized carbons (Fsp3) is 0.226. The molecule has 0 amide bonds. The number of aliphatic hydroxyl groups is 1. The highest BCUT2D eigenvalue weighted by Crippen LogP contribution is 2.41. The van der Waals surface area contributed by atoms with Crippen molar-refractivity contribution < 1.29 is 23.4 Å². The van der Waals surface area contributed by atoms with Crippen LogP contribution in [0.1, 0.15) is 41.5 Å². The number of carbonyl (C=O) groups excluding carboxylic acids is 1. The molecule has 2 heterocycles. The molecule has 214 valence electrons. The molecule has 1 aromatic heterocycles. The summed E-state index contributed by atoms with van der Waals surface area (Å²) in [5.74, 6) is -2.23. The highest BCUT2D eigenvalue weighted by molar-refractivity contribution is 7.10. The number of halogens is 2. The average molecular weight is 588 g/mol. The lowest BCUT2D eigenvalue weighted by molar-refractivity contribution is -0.131. The van der Waals surface area contributed by atoms with Gasteiger partial charge in [-0.2, -0.15) is 10.4 Å². The van der Waals surface area contributed by atoms with Crippen molar-refractivity contribution >= 4 is 23.6 Å². The molecule has 0 saturated heterocycles. The Kier molecular flexibility index (Phi) is 8.29. The second-order valence-electron chi connectivity index (χ2n) is 10.1. The quantitative estimate of drug-likeness (QED) is 0.201. The molecule has 8 nitrogen and oxygen atoms in total. The van der Waals surface area contributed by atoms with Gasteiger partial charge in [-0.05, 0) is 35.9 Å². The third-order valence-electron chi connectivity index (χ3n) is 7.03. The van der Waals surface area contributed by atoms with Crippen molar-refractivity contribution in [3.63, 3.8) is 0 Å². The van der Waals surface area contributed by atoms with E-state index in [1.54, 1.807) is 54.7 Å². The third kappa shape index (κ3) is 6.30. The van der Waals surface area contributed by atoms with Crippen LogP contribution in [-0.2, 0) is 16.9 Å². The summed E-state index contributed by atoms with van der Waals surface area (Å²) in [5.41, 5.74) is 1.09. The Bertz CT molecular complexity index is 1650. The molecular weight excluding hydrogens is 560 g/mol. The van der Waals surface area contributed by atoms with E-state index in [2.05, 4.69) is 11.2 Å². The molecule has 0 unspecified atom stereocenters. The first-order valence-corrected chi connectivity index (χ1v) is 14.0. The fourth-order valence-corrected chi connectivity index (χ4v) is 5.76. The van der Waals surface area contributed by atoms with E-state index in [0.29, 0.717) is 35.2 Å². The molecule has 2 atom stereocenters. The first kappa shape index (κ1) is 28.9. The average Bonchev–Trinajstić information content (AvgIpc) is 3.63. The molecule has 1 aliphatic rings. The third-order valence-corrected chi connectivity index (χ3v) is 8.06. The predicted molar refractivity (Wildman–Crippen MR) is 154 cm³/mol. The largest absolute Gasteiger partial charge is 0.427 e. The lowest BCUT2D eigenvalue weighted by Gasteiger charge is -2.36. The molecule has 0 bridgehead atoms. The summed E-state index contributed by atoms with van der Waals surface area (Å²) in [7, 11) is 0. The molecule has 4 aromatic rings. The lowest BCUT2D eigenvalue weighted by Crippen LogP contribution is -2.44. The zero-order chi connectivity index (χ0) is 29.9. The van der Waals surface area contributed by atoms with Crippen molar-refractivity contribution in [2.24, 2.45) is 5.10 Å². The maximum absolute atomic E-state index is 15.2. The van der Waals surface area contributed by atoms with Crippen molar-refractivity contribution in [1.29, 1.82) is 5.26 Å². The molecule has 11 heteroatoms. The molecule has 1 N–H and O–H groups in total. The van der Waals surface area contributed by atoms with E-state index >= 15 is 4.39 Å². The predicted octanol–water partition coefficient (Wildman–Crippen LogP) is 5.60. The van der Waals surface area contributed by atoms with Crippen LogP contribution in [0.2, 0.25) is 0 Å². The summed E-state index contributed by atoms with van der Waals surface area (Å²) in [6, 6.07) is 19.3. The summed E-state index contributed by atoms with van der Waals surface area (Å²) >= 11 is 1.33. The molecule has 0 fully saturated rings. The van der Waals surface area contributed by atoms with Gasteiger partial charge in [-0.15, -0.1) is 11.3 Å². The van der Waals surface area contributed by atoms with Gasteiger partial charge in [-0.25, -0.2) is 13.8 Å². The monoisotopic (exact) mass is 587 g/mol. The van der Waals surface area contributed by atoms with Crippen LogP contribution in [0, 0.1) is 23.0 Å². The maximum atomic E-state index is 15.2. The second kappa shape index (κ2) is 12.1. The summed E-state index contributed by atoms with van der Waals surface area (Å²) in [4.78, 5) is 17.8. The van der Waals surface area contributed by atoms with Gasteiger partial charge in [-0.1, -0.05) is 37.3 Å². The van der Waals surface area contributed by atoms with Gasteiger partial charge >= 0.3 is 5.97 Å². The molecule has 5 rings (SSSR count). The number of ether oxygens (including phenoxy) is 1. The van der Waals surface area contributed by atoms with Gasteiger partial charge in [0.05, 0.1) is 28.9 Å². The van der Waals surface area contributed by atoms with Crippen LogP contribution in [0.4, 0.5) is 8.78 Å². The number of esters is 1. The Morgan fingerprint density at radius 3 is 2.57 bits per heavy atom. The van der Waals surface area contributed by atoms with Gasteiger partial charge in [0.15, 0.2) is 0 Å². The number of nitriles is 1. The number of benzene rings is 3. The molecule has 0 spiro atoms. The van der Waals surface area contributed by atoms with Gasteiger partial charge in [0, 0.05) is 42.0 Å². The van der Waals surface area contributed by atoms with Crippen molar-refractivity contribution in [3.05, 3.63) is 105 Å². The van der Waals surface area contributed by atoms with Crippen LogP contribution in [0.3, 0.4) is 0 Å². The molecule has 3 aromatic carbocycles. The van der Waals surface area contributed by atoms with E-state index < -0.39 is 29.1 Å². The van der Waals surface area contributed by atoms with Crippen molar-refractivity contribution in [1.82, 2.24) is 14.9 Å². The van der Waals surface area contributed by atoms with Crippen molar-refractivity contribution in [2.75, 3.05) is 13.2 Å². The van der Waals surface area contributed by atoms with Crippen molar-refractivity contribution in [2.45, 2.75) is 31.9 Å². The number of hydrogen-bond acceptors (Lipinski definition) is 9. The number of hydrazone groups is 1. The minimum Gasteiger partial charge on any atom is -0.427 e. The van der Waals surface area contributed by atoms with E-state index in [4.69, 9.17) is 15.0 Å². The number of β-amino-alcohol motifs (C(OH)–C–C–N with tert-alkyl or cyclic N) is 1. The maximum Gasteiger partial charge on any atom is 0.308 e. The van der Waals surface area contributed by atoms with E-state index in [1.165, 1.54) is 24.3 Å². The summed E-state index contributed by atoms with van der Waals surface area (Å²) in [5, 5.41) is 29.7. The zero-order valence-electron chi connectivity index (χ0n) is 22.9. The highest BCUT2D eigenvalue weighted by Gasteiger charge is 2.43. The SMILES string of the molecule is CC(=O)Oc1ccc(CN2C=NN(C[C@](O)(c3ccc(F)cc3F)[C@@H](C)c3nc(-c4ccc(C#N)cc4)cs3)C2)cc1. The molecular formula is C31H27F2N5O3S. The Morgan fingerprint density at radius 1 is 1.17 bits per heavy atom. The number of carbonyl (C=O) groups is 1. The topological polar surface area (TPSA) is 102 Å². The fourth-order valence-electron chi connectivity index (χ4n) is 4.79. The molecule has 0 radical (unpaired) electrons. The van der Waals surface area contributed by atoms with Crippen LogP contribution < -0.4 is 4.74 Å². The van der Waals surface area contributed by atoms with Gasteiger partial charge in [0.25, 0.3) is 0 Å². The molecule has 1 aliphatic heterocycles. The number of hydrogen-bond donors (Lipinski definition) is 1. The zero-order valence-corrected chi connectivity index (χ0v) is 23.7. The van der Waals surface area contributed by atoms with Gasteiger partial charge in [0.2, 0.25) is 0 Å². The Morgan fingerprint density at radius 2 is 1.90 bits per heavy atom. The van der Waals surface area contributed by atoms with E-state index in [1.807, 2.05) is 22.4 Å².